The number of rotatable bonds is 4. The number of fused-ring (bicyclic) bond motifs is 1. The van der Waals surface area contributed by atoms with Crippen LogP contribution in [0.3, 0.4) is 0 Å². The predicted octanol–water partition coefficient (Wildman–Crippen LogP) is 2.58. The Hall–Kier alpha value is -0.980. The van der Waals surface area contributed by atoms with Crippen molar-refractivity contribution in [1.82, 2.24) is 19.7 Å². The number of hydrogen-bond donors (Lipinski definition) is 0. The molecule has 1 spiro atoms. The molecule has 1 amide bonds. The van der Waals surface area contributed by atoms with Crippen LogP contribution in [0.25, 0.3) is 0 Å². The smallest absolute Gasteiger partial charge is 0.243 e. The van der Waals surface area contributed by atoms with Gasteiger partial charge >= 0.3 is 0 Å². The molecule has 4 aliphatic rings. The van der Waals surface area contributed by atoms with Crippen molar-refractivity contribution in [2.24, 2.45) is 5.41 Å². The minimum absolute atomic E-state index is 0.116. The van der Waals surface area contributed by atoms with E-state index in [1.807, 2.05) is 6.20 Å². The summed E-state index contributed by atoms with van der Waals surface area (Å²) in [5.41, 5.74) is 0.348. The van der Waals surface area contributed by atoms with Crippen LogP contribution >= 0.6 is 11.3 Å². The topological polar surface area (TPSA) is 39.7 Å². The third kappa shape index (κ3) is 2.64. The highest BCUT2D eigenvalue weighted by Gasteiger charge is 2.58. The van der Waals surface area contributed by atoms with Gasteiger partial charge in [-0.3, -0.25) is 14.6 Å². The molecule has 4 heterocycles. The highest BCUT2D eigenvalue weighted by molar-refractivity contribution is 7.09. The largest absolute Gasteiger partial charge is 0.341 e. The van der Waals surface area contributed by atoms with E-state index in [1.54, 1.807) is 11.3 Å². The molecule has 26 heavy (non-hydrogen) atoms. The van der Waals surface area contributed by atoms with Gasteiger partial charge in [0.05, 0.1) is 6.54 Å². The molecule has 0 aromatic carbocycles. The Morgan fingerprint density at radius 2 is 1.96 bits per heavy atom. The number of nitrogens with zero attached hydrogens (tertiary/aromatic N) is 4. The second kappa shape index (κ2) is 6.28. The first-order valence-corrected chi connectivity index (χ1v) is 11.1. The zero-order valence-electron chi connectivity index (χ0n) is 15.8. The van der Waals surface area contributed by atoms with Gasteiger partial charge < -0.3 is 4.90 Å². The van der Waals surface area contributed by atoms with E-state index in [-0.39, 0.29) is 5.54 Å². The monoisotopic (exact) mass is 374 g/mol. The summed E-state index contributed by atoms with van der Waals surface area (Å²) in [4.78, 5) is 24.9. The Bertz CT molecular complexity index is 657. The van der Waals surface area contributed by atoms with Gasteiger partial charge in [-0.15, -0.1) is 11.3 Å². The molecule has 1 aliphatic carbocycles. The Kier molecular flexibility index (Phi) is 4.14. The van der Waals surface area contributed by atoms with Gasteiger partial charge in [0.2, 0.25) is 5.91 Å². The van der Waals surface area contributed by atoms with Gasteiger partial charge in [0.15, 0.2) is 0 Å². The standard InChI is InChI=1S/C20H30N4OS/c1-22(15-17-21-8-13-26-17)16-14-19(16)6-11-23(12-7-19)18(25)20-4-2-9-24(20)10-3-5-20/h8,13,16H,2-7,9-12,14-15H2,1H3. The Morgan fingerprint density at radius 1 is 1.23 bits per heavy atom. The van der Waals surface area contributed by atoms with E-state index in [2.05, 4.69) is 32.1 Å². The minimum Gasteiger partial charge on any atom is -0.341 e. The molecule has 3 aliphatic heterocycles. The van der Waals surface area contributed by atoms with Gasteiger partial charge in [0, 0.05) is 30.7 Å². The first-order chi connectivity index (χ1) is 12.6. The third-order valence-corrected chi connectivity index (χ3v) is 8.40. The maximum Gasteiger partial charge on any atom is 0.243 e. The van der Waals surface area contributed by atoms with Crippen LogP contribution in [0, 0.1) is 5.41 Å². The van der Waals surface area contributed by atoms with Crippen molar-refractivity contribution in [3.05, 3.63) is 16.6 Å². The summed E-state index contributed by atoms with van der Waals surface area (Å²) in [5.74, 6) is 0.454. The fourth-order valence-electron chi connectivity index (χ4n) is 6.05. The van der Waals surface area contributed by atoms with Crippen molar-refractivity contribution in [2.75, 3.05) is 33.2 Å². The second-order valence-electron chi connectivity index (χ2n) is 8.94. The average molecular weight is 375 g/mol. The molecule has 1 atom stereocenters. The molecule has 142 valence electrons. The van der Waals surface area contributed by atoms with E-state index in [4.69, 9.17) is 0 Å². The summed E-state index contributed by atoms with van der Waals surface area (Å²) in [5, 5.41) is 3.27. The molecular weight excluding hydrogens is 344 g/mol. The van der Waals surface area contributed by atoms with E-state index in [0.29, 0.717) is 17.4 Å². The molecule has 1 saturated carbocycles. The fraction of sp³-hybridized carbons (Fsp3) is 0.800. The number of amides is 1. The molecule has 1 aromatic heterocycles. The van der Waals surface area contributed by atoms with E-state index in [9.17, 15) is 4.79 Å². The van der Waals surface area contributed by atoms with Crippen molar-refractivity contribution in [3.63, 3.8) is 0 Å². The average Bonchev–Trinajstić information content (AvgIpc) is 3.07. The quantitative estimate of drug-likeness (QED) is 0.812. The van der Waals surface area contributed by atoms with Crippen molar-refractivity contribution >= 4 is 17.2 Å². The van der Waals surface area contributed by atoms with Crippen molar-refractivity contribution in [1.29, 1.82) is 0 Å². The molecule has 0 N–H and O–H groups in total. The van der Waals surface area contributed by atoms with Crippen LogP contribution in [0.1, 0.15) is 50.0 Å². The number of aromatic nitrogens is 1. The molecule has 3 saturated heterocycles. The zero-order valence-corrected chi connectivity index (χ0v) is 16.6. The number of piperidine rings is 1. The molecule has 5 nitrogen and oxygen atoms in total. The SMILES string of the molecule is CN(Cc1nccs1)C1CC12CCN(C(=O)C13CCCN1CCC3)CC2. The lowest BCUT2D eigenvalue weighted by Crippen LogP contribution is -2.55. The van der Waals surface area contributed by atoms with Gasteiger partial charge in [0.1, 0.15) is 10.5 Å². The lowest BCUT2D eigenvalue weighted by molar-refractivity contribution is -0.143. The molecule has 0 bridgehead atoms. The molecule has 0 radical (unpaired) electrons. The summed E-state index contributed by atoms with van der Waals surface area (Å²) in [6.45, 7) is 5.16. The predicted molar refractivity (Wildman–Crippen MR) is 103 cm³/mol. The highest BCUT2D eigenvalue weighted by atomic mass is 32.1. The summed E-state index contributed by atoms with van der Waals surface area (Å²) < 4.78 is 0. The maximum absolute atomic E-state index is 13.3. The van der Waals surface area contributed by atoms with E-state index in [1.165, 1.54) is 37.1 Å². The summed E-state index contributed by atoms with van der Waals surface area (Å²) >= 11 is 1.75. The van der Waals surface area contributed by atoms with E-state index >= 15 is 0 Å². The Balaban J connectivity index is 1.19. The lowest BCUT2D eigenvalue weighted by atomic mass is 9.88. The lowest BCUT2D eigenvalue weighted by Gasteiger charge is -2.40. The summed E-state index contributed by atoms with van der Waals surface area (Å²) in [7, 11) is 2.24. The molecule has 4 fully saturated rings. The van der Waals surface area contributed by atoms with E-state index < -0.39 is 0 Å². The Labute approximate surface area is 160 Å². The van der Waals surface area contributed by atoms with E-state index in [0.717, 1.165) is 45.6 Å². The first-order valence-electron chi connectivity index (χ1n) is 10.3. The number of carbonyl (C=O) groups excluding carboxylic acids is 1. The van der Waals surface area contributed by atoms with Crippen LogP contribution in [0.5, 0.6) is 0 Å². The van der Waals surface area contributed by atoms with Crippen molar-refractivity contribution in [2.45, 2.75) is 63.1 Å². The van der Waals surface area contributed by atoms with Gasteiger partial charge in [-0.2, -0.15) is 0 Å². The zero-order chi connectivity index (χ0) is 17.8. The molecule has 1 aromatic rings. The molecule has 5 rings (SSSR count). The van der Waals surface area contributed by atoms with Crippen molar-refractivity contribution in [3.8, 4) is 0 Å². The van der Waals surface area contributed by atoms with Gasteiger partial charge in [-0.1, -0.05) is 0 Å². The van der Waals surface area contributed by atoms with Crippen LogP contribution < -0.4 is 0 Å². The van der Waals surface area contributed by atoms with Gasteiger partial charge in [-0.25, -0.2) is 4.98 Å². The summed E-state index contributed by atoms with van der Waals surface area (Å²) in [6.07, 6.45) is 10.1. The number of hydrogen-bond acceptors (Lipinski definition) is 5. The number of likely N-dealkylation sites (tertiary alicyclic amines) is 1. The first kappa shape index (κ1) is 17.1. The maximum atomic E-state index is 13.3. The second-order valence-corrected chi connectivity index (χ2v) is 9.92. The van der Waals surface area contributed by atoms with Crippen LogP contribution in [0.4, 0.5) is 0 Å². The van der Waals surface area contributed by atoms with Gasteiger partial charge in [-0.05, 0) is 70.5 Å². The van der Waals surface area contributed by atoms with Crippen LogP contribution in [0.15, 0.2) is 11.6 Å². The number of thiazole rings is 1. The molecular formula is C20H30N4OS. The summed E-state index contributed by atoms with van der Waals surface area (Å²) in [6, 6.07) is 0.677. The number of carbonyl (C=O) groups is 1. The highest BCUT2D eigenvalue weighted by Crippen LogP contribution is 2.57. The van der Waals surface area contributed by atoms with Gasteiger partial charge in [0.25, 0.3) is 0 Å². The van der Waals surface area contributed by atoms with Crippen LogP contribution in [-0.4, -0.2) is 70.4 Å². The third-order valence-electron chi connectivity index (χ3n) is 7.63. The Morgan fingerprint density at radius 3 is 2.62 bits per heavy atom. The molecule has 6 heteroatoms. The molecule has 1 unspecified atom stereocenters. The fourth-order valence-corrected chi connectivity index (χ4v) is 6.72. The van der Waals surface area contributed by atoms with Crippen LogP contribution in [0.2, 0.25) is 0 Å². The van der Waals surface area contributed by atoms with Crippen molar-refractivity contribution < 1.29 is 4.79 Å². The normalized spacial score (nSPS) is 29.5. The minimum atomic E-state index is -0.116. The van der Waals surface area contributed by atoms with Crippen LogP contribution in [-0.2, 0) is 11.3 Å².